The Labute approximate surface area is 110 Å². The predicted octanol–water partition coefficient (Wildman–Crippen LogP) is -0.410. The van der Waals surface area contributed by atoms with Crippen molar-refractivity contribution in [3.05, 3.63) is 17.2 Å². The lowest BCUT2D eigenvalue weighted by atomic mass is 10.4. The molecule has 0 aliphatic carbocycles. The van der Waals surface area contributed by atoms with Gasteiger partial charge in [0.2, 0.25) is 10.0 Å². The van der Waals surface area contributed by atoms with Gasteiger partial charge in [0.05, 0.1) is 17.4 Å². The molecule has 0 saturated carbocycles. The molecule has 0 fully saturated rings. The molecule has 1 atom stereocenters. The van der Waals surface area contributed by atoms with Gasteiger partial charge in [-0.1, -0.05) is 5.21 Å². The normalized spacial score (nSPS) is 13.7. The number of sulfonamides is 1. The zero-order chi connectivity index (χ0) is 14.2. The molecule has 0 saturated heterocycles. The first-order chi connectivity index (χ1) is 8.83. The average Bonchev–Trinajstić information content (AvgIpc) is 2.87. The van der Waals surface area contributed by atoms with E-state index in [9.17, 15) is 8.42 Å². The van der Waals surface area contributed by atoms with Gasteiger partial charge < -0.3 is 0 Å². The summed E-state index contributed by atoms with van der Waals surface area (Å²) in [5.41, 5.74) is 1.03. The Morgan fingerprint density at radius 3 is 2.53 bits per heavy atom. The van der Waals surface area contributed by atoms with Crippen molar-refractivity contribution in [2.24, 2.45) is 7.05 Å². The molecule has 2 aromatic heterocycles. The summed E-state index contributed by atoms with van der Waals surface area (Å²) in [5.74, 6) is 0.280. The highest BCUT2D eigenvalue weighted by atomic mass is 32.2. The van der Waals surface area contributed by atoms with Gasteiger partial charge in [-0.05, 0) is 20.8 Å². The van der Waals surface area contributed by atoms with Crippen LogP contribution in [-0.4, -0.2) is 38.8 Å². The summed E-state index contributed by atoms with van der Waals surface area (Å²) >= 11 is 0. The summed E-state index contributed by atoms with van der Waals surface area (Å²) in [6.45, 7) is 5.00. The van der Waals surface area contributed by atoms with Crippen molar-refractivity contribution in [1.29, 1.82) is 0 Å². The molecule has 2 aromatic rings. The number of nitrogens with zero attached hydrogens (tertiary/aromatic N) is 5. The Kier molecular flexibility index (Phi) is 3.37. The van der Waals surface area contributed by atoms with Gasteiger partial charge in [0.1, 0.15) is 4.90 Å². The highest BCUT2D eigenvalue weighted by molar-refractivity contribution is 7.89. The molecule has 0 radical (unpaired) electrons. The fourth-order valence-corrected chi connectivity index (χ4v) is 3.48. The third kappa shape index (κ3) is 2.49. The highest BCUT2D eigenvalue weighted by Gasteiger charge is 2.26. The SMILES string of the molecule is Cc1nn(C)c(C)c1S(=O)(=O)NC(C)c1nn[nH]n1. The van der Waals surface area contributed by atoms with E-state index in [4.69, 9.17) is 0 Å². The maximum atomic E-state index is 12.3. The largest absolute Gasteiger partial charge is 0.271 e. The first-order valence-corrected chi connectivity index (χ1v) is 7.07. The molecule has 0 aliphatic heterocycles. The lowest BCUT2D eigenvalue weighted by Crippen LogP contribution is -2.28. The Morgan fingerprint density at radius 1 is 1.37 bits per heavy atom. The highest BCUT2D eigenvalue weighted by Crippen LogP contribution is 2.20. The summed E-state index contributed by atoms with van der Waals surface area (Å²) in [4.78, 5) is 0.186. The third-order valence-corrected chi connectivity index (χ3v) is 4.58. The van der Waals surface area contributed by atoms with Gasteiger partial charge in [0, 0.05) is 7.05 Å². The number of rotatable bonds is 4. The van der Waals surface area contributed by atoms with E-state index >= 15 is 0 Å². The Bertz CT molecular complexity index is 674. The molecule has 2 N–H and O–H groups in total. The lowest BCUT2D eigenvalue weighted by Gasteiger charge is -2.11. The number of hydrogen-bond acceptors (Lipinski definition) is 6. The fraction of sp³-hybridized carbons (Fsp3) is 0.556. The van der Waals surface area contributed by atoms with Crippen molar-refractivity contribution >= 4 is 10.0 Å². The molecule has 0 aromatic carbocycles. The minimum absolute atomic E-state index is 0.186. The van der Waals surface area contributed by atoms with Gasteiger partial charge in [-0.25, -0.2) is 13.1 Å². The van der Waals surface area contributed by atoms with Crippen LogP contribution in [0.5, 0.6) is 0 Å². The molecular weight excluding hydrogens is 270 g/mol. The average molecular weight is 285 g/mol. The molecule has 2 rings (SSSR count). The molecule has 1 unspecified atom stereocenters. The summed E-state index contributed by atoms with van der Waals surface area (Å²) in [6.07, 6.45) is 0. The molecule has 0 amide bonds. The lowest BCUT2D eigenvalue weighted by molar-refractivity contribution is 0.558. The van der Waals surface area contributed by atoms with Crippen LogP contribution in [0.15, 0.2) is 4.90 Å². The quantitative estimate of drug-likeness (QED) is 0.788. The zero-order valence-electron chi connectivity index (χ0n) is 11.0. The Hall–Kier alpha value is -1.81. The number of aromatic amines is 1. The van der Waals surface area contributed by atoms with E-state index in [0.717, 1.165) is 0 Å². The first kappa shape index (κ1) is 13.6. The first-order valence-electron chi connectivity index (χ1n) is 5.59. The molecule has 10 heteroatoms. The van der Waals surface area contributed by atoms with E-state index in [1.807, 2.05) is 0 Å². The number of tetrazole rings is 1. The van der Waals surface area contributed by atoms with Crippen molar-refractivity contribution in [3.8, 4) is 0 Å². The smallest absolute Gasteiger partial charge is 0.244 e. The van der Waals surface area contributed by atoms with Gasteiger partial charge in [0.15, 0.2) is 5.82 Å². The molecule has 0 spiro atoms. The summed E-state index contributed by atoms with van der Waals surface area (Å²) in [5, 5.41) is 17.3. The van der Waals surface area contributed by atoms with E-state index in [2.05, 4.69) is 30.4 Å². The van der Waals surface area contributed by atoms with Crippen LogP contribution in [-0.2, 0) is 17.1 Å². The van der Waals surface area contributed by atoms with Crippen LogP contribution < -0.4 is 4.72 Å². The number of H-pyrrole nitrogens is 1. The minimum Gasteiger partial charge on any atom is -0.271 e. The molecule has 2 heterocycles. The zero-order valence-corrected chi connectivity index (χ0v) is 11.9. The molecule has 104 valence electrons. The van der Waals surface area contributed by atoms with E-state index in [1.165, 1.54) is 4.68 Å². The predicted molar refractivity (Wildman–Crippen MR) is 65.6 cm³/mol. The standard InChI is InChI=1S/C9H15N7O2S/c1-5-8(7(3)16(4)12-5)19(17,18)13-6(2)9-10-14-15-11-9/h6,13H,1-4H3,(H,10,11,14,15). The molecule has 19 heavy (non-hydrogen) atoms. The van der Waals surface area contributed by atoms with E-state index in [0.29, 0.717) is 11.4 Å². The fourth-order valence-electron chi connectivity index (χ4n) is 1.84. The van der Waals surface area contributed by atoms with Crippen molar-refractivity contribution < 1.29 is 8.42 Å². The maximum absolute atomic E-state index is 12.3. The van der Waals surface area contributed by atoms with Crippen LogP contribution >= 0.6 is 0 Å². The van der Waals surface area contributed by atoms with Crippen LogP contribution in [0.3, 0.4) is 0 Å². The van der Waals surface area contributed by atoms with Crippen molar-refractivity contribution in [2.75, 3.05) is 0 Å². The van der Waals surface area contributed by atoms with Crippen LogP contribution in [0.2, 0.25) is 0 Å². The van der Waals surface area contributed by atoms with Crippen LogP contribution in [0, 0.1) is 13.8 Å². The van der Waals surface area contributed by atoms with Crippen molar-refractivity contribution in [1.82, 2.24) is 35.1 Å². The number of nitrogens with one attached hydrogen (secondary N) is 2. The Balaban J connectivity index is 2.33. The monoisotopic (exact) mass is 285 g/mol. The van der Waals surface area contributed by atoms with E-state index in [-0.39, 0.29) is 10.7 Å². The van der Waals surface area contributed by atoms with Crippen molar-refractivity contribution in [2.45, 2.75) is 31.7 Å². The van der Waals surface area contributed by atoms with E-state index in [1.54, 1.807) is 27.8 Å². The second kappa shape index (κ2) is 4.70. The van der Waals surface area contributed by atoms with Gasteiger partial charge in [-0.15, -0.1) is 10.2 Å². The minimum atomic E-state index is -3.68. The topological polar surface area (TPSA) is 118 Å². The van der Waals surface area contributed by atoms with Crippen LogP contribution in [0.4, 0.5) is 0 Å². The van der Waals surface area contributed by atoms with Crippen LogP contribution in [0.1, 0.15) is 30.2 Å². The maximum Gasteiger partial charge on any atom is 0.244 e. The second-order valence-corrected chi connectivity index (χ2v) is 5.89. The summed E-state index contributed by atoms with van der Waals surface area (Å²) in [6, 6.07) is -0.581. The number of aryl methyl sites for hydroxylation is 2. The number of hydrogen-bond donors (Lipinski definition) is 2. The van der Waals surface area contributed by atoms with E-state index < -0.39 is 16.1 Å². The number of aromatic nitrogens is 6. The second-order valence-electron chi connectivity index (χ2n) is 4.24. The molecule has 9 nitrogen and oxygen atoms in total. The van der Waals surface area contributed by atoms with Crippen LogP contribution in [0.25, 0.3) is 0 Å². The Morgan fingerprint density at radius 2 is 2.05 bits per heavy atom. The third-order valence-electron chi connectivity index (χ3n) is 2.79. The van der Waals surface area contributed by atoms with Gasteiger partial charge in [-0.3, -0.25) is 4.68 Å². The van der Waals surface area contributed by atoms with Gasteiger partial charge in [0.25, 0.3) is 0 Å². The van der Waals surface area contributed by atoms with Crippen molar-refractivity contribution in [3.63, 3.8) is 0 Å². The molecular formula is C9H15N7O2S. The van der Waals surface area contributed by atoms with Gasteiger partial charge >= 0.3 is 0 Å². The summed E-state index contributed by atoms with van der Waals surface area (Å²) < 4.78 is 28.7. The van der Waals surface area contributed by atoms with Gasteiger partial charge in [-0.2, -0.15) is 10.3 Å². The molecule has 0 bridgehead atoms. The summed E-state index contributed by atoms with van der Waals surface area (Å²) in [7, 11) is -1.98. The molecule has 0 aliphatic rings.